The van der Waals surface area contributed by atoms with Gasteiger partial charge in [-0.05, 0) is 54.5 Å². The highest BCUT2D eigenvalue weighted by molar-refractivity contribution is 6.25. The highest BCUT2D eigenvalue weighted by Gasteiger charge is 2.31. The number of nitrogens with zero attached hydrogens (tertiary/aromatic N) is 2. The Morgan fingerprint density at radius 2 is 1.73 bits per heavy atom. The first-order valence-corrected chi connectivity index (χ1v) is 13.1. The molecule has 0 radical (unpaired) electrons. The SMILES string of the molecule is CCCCNC(=O)C(CC)N(Cc1ccc(F)cc1)C(=O)CCCN1C(=O)c2cccc3cccc1c23. The smallest absolute Gasteiger partial charge is 0.258 e. The number of rotatable bonds is 12. The first-order valence-electron chi connectivity index (χ1n) is 13.1. The second-order valence-electron chi connectivity index (χ2n) is 9.46. The monoisotopic (exact) mass is 503 g/mol. The van der Waals surface area contributed by atoms with Crippen LogP contribution < -0.4 is 10.2 Å². The van der Waals surface area contributed by atoms with E-state index in [1.54, 1.807) is 21.9 Å². The first-order chi connectivity index (χ1) is 17.9. The zero-order valence-electron chi connectivity index (χ0n) is 21.5. The van der Waals surface area contributed by atoms with Crippen LogP contribution in [0.5, 0.6) is 0 Å². The van der Waals surface area contributed by atoms with E-state index in [9.17, 15) is 18.8 Å². The second-order valence-corrected chi connectivity index (χ2v) is 9.46. The minimum Gasteiger partial charge on any atom is -0.354 e. The predicted molar refractivity (Wildman–Crippen MR) is 144 cm³/mol. The second kappa shape index (κ2) is 12.0. The molecule has 4 rings (SSSR count). The first kappa shape index (κ1) is 26.3. The molecule has 3 amide bonds. The lowest BCUT2D eigenvalue weighted by Crippen LogP contribution is -2.49. The van der Waals surface area contributed by atoms with E-state index in [0.29, 0.717) is 31.5 Å². The third-order valence-corrected chi connectivity index (χ3v) is 6.90. The number of nitrogens with one attached hydrogen (secondary N) is 1. The van der Waals surface area contributed by atoms with Crippen molar-refractivity contribution < 1.29 is 18.8 Å². The Kier molecular flexibility index (Phi) is 8.54. The summed E-state index contributed by atoms with van der Waals surface area (Å²) < 4.78 is 13.5. The standard InChI is InChI=1S/C30H34FN3O3/c1-3-5-18-32-29(36)25(4-2)34(20-21-14-16-23(31)17-15-21)27(35)13-8-19-33-26-12-7-10-22-9-6-11-24(28(22)26)30(33)37/h6-7,9-12,14-17,25H,3-5,8,13,18-20H2,1-2H3,(H,32,36). The lowest BCUT2D eigenvalue weighted by molar-refractivity contribution is -0.141. The summed E-state index contributed by atoms with van der Waals surface area (Å²) in [5.74, 6) is -0.742. The van der Waals surface area contributed by atoms with Crippen LogP contribution in [0.15, 0.2) is 60.7 Å². The summed E-state index contributed by atoms with van der Waals surface area (Å²) in [4.78, 5) is 42.9. The number of carbonyl (C=O) groups is 3. The molecule has 194 valence electrons. The fraction of sp³-hybridized carbons (Fsp3) is 0.367. The highest BCUT2D eigenvalue weighted by atomic mass is 19.1. The van der Waals surface area contributed by atoms with E-state index in [4.69, 9.17) is 0 Å². The van der Waals surface area contributed by atoms with Crippen LogP contribution in [-0.4, -0.2) is 41.8 Å². The molecule has 1 aliphatic rings. The number of halogens is 1. The summed E-state index contributed by atoms with van der Waals surface area (Å²) in [6.45, 7) is 5.12. The van der Waals surface area contributed by atoms with Crippen molar-refractivity contribution in [1.29, 1.82) is 0 Å². The number of unbranched alkanes of at least 4 members (excludes halogenated alkanes) is 1. The molecule has 0 saturated carbocycles. The summed E-state index contributed by atoms with van der Waals surface area (Å²) in [5, 5.41) is 4.92. The van der Waals surface area contributed by atoms with Crippen LogP contribution in [0.2, 0.25) is 0 Å². The quantitative estimate of drug-likeness (QED) is 0.335. The van der Waals surface area contributed by atoms with E-state index in [0.717, 1.165) is 34.9 Å². The summed E-state index contributed by atoms with van der Waals surface area (Å²) >= 11 is 0. The summed E-state index contributed by atoms with van der Waals surface area (Å²) in [5.41, 5.74) is 2.31. The summed E-state index contributed by atoms with van der Waals surface area (Å²) in [6, 6.07) is 17.0. The van der Waals surface area contributed by atoms with E-state index in [-0.39, 0.29) is 36.5 Å². The molecule has 0 bridgehead atoms. The molecule has 0 fully saturated rings. The number of hydrogen-bond donors (Lipinski definition) is 1. The van der Waals surface area contributed by atoms with Gasteiger partial charge in [-0.25, -0.2) is 4.39 Å². The summed E-state index contributed by atoms with van der Waals surface area (Å²) in [7, 11) is 0. The summed E-state index contributed by atoms with van der Waals surface area (Å²) in [6.07, 6.45) is 2.95. The van der Waals surface area contributed by atoms with Gasteiger partial charge in [-0.1, -0.05) is 56.7 Å². The molecule has 1 atom stereocenters. The lowest BCUT2D eigenvalue weighted by Gasteiger charge is -2.31. The van der Waals surface area contributed by atoms with Crippen LogP contribution >= 0.6 is 0 Å². The van der Waals surface area contributed by atoms with Gasteiger partial charge in [0.05, 0.1) is 5.69 Å². The Labute approximate surface area is 217 Å². The molecule has 3 aromatic rings. The van der Waals surface area contributed by atoms with Crippen molar-refractivity contribution in [3.8, 4) is 0 Å². The van der Waals surface area contributed by atoms with Gasteiger partial charge in [0.1, 0.15) is 11.9 Å². The van der Waals surface area contributed by atoms with Gasteiger partial charge in [-0.3, -0.25) is 14.4 Å². The van der Waals surface area contributed by atoms with E-state index < -0.39 is 6.04 Å². The van der Waals surface area contributed by atoms with Crippen LogP contribution in [0.4, 0.5) is 10.1 Å². The van der Waals surface area contributed by atoms with Crippen LogP contribution in [-0.2, 0) is 16.1 Å². The zero-order valence-corrected chi connectivity index (χ0v) is 21.5. The van der Waals surface area contributed by atoms with Crippen LogP contribution in [0.1, 0.15) is 61.9 Å². The van der Waals surface area contributed by atoms with E-state index in [1.165, 1.54) is 12.1 Å². The number of hydrogen-bond acceptors (Lipinski definition) is 3. The van der Waals surface area contributed by atoms with E-state index in [2.05, 4.69) is 12.2 Å². The number of carbonyl (C=O) groups excluding carboxylic acids is 3. The van der Waals surface area contributed by atoms with Gasteiger partial charge in [-0.2, -0.15) is 0 Å². The zero-order chi connectivity index (χ0) is 26.4. The largest absolute Gasteiger partial charge is 0.354 e. The maximum absolute atomic E-state index is 13.5. The molecule has 7 heteroatoms. The Bertz CT molecular complexity index is 1270. The molecule has 1 N–H and O–H groups in total. The molecule has 0 aromatic heterocycles. The van der Waals surface area contributed by atoms with Gasteiger partial charge in [0.15, 0.2) is 0 Å². The molecule has 37 heavy (non-hydrogen) atoms. The molecule has 6 nitrogen and oxygen atoms in total. The topological polar surface area (TPSA) is 69.7 Å². The minimum absolute atomic E-state index is 0.0517. The third kappa shape index (κ3) is 5.82. The maximum Gasteiger partial charge on any atom is 0.258 e. The van der Waals surface area contributed by atoms with Gasteiger partial charge < -0.3 is 15.1 Å². The van der Waals surface area contributed by atoms with Crippen molar-refractivity contribution in [3.63, 3.8) is 0 Å². The molecular weight excluding hydrogens is 469 g/mol. The molecule has 0 saturated heterocycles. The van der Waals surface area contributed by atoms with E-state index >= 15 is 0 Å². The number of anilines is 1. The average Bonchev–Trinajstić information content (AvgIpc) is 3.18. The lowest BCUT2D eigenvalue weighted by atomic mass is 10.1. The van der Waals surface area contributed by atoms with Crippen molar-refractivity contribution in [3.05, 3.63) is 77.6 Å². The predicted octanol–water partition coefficient (Wildman–Crippen LogP) is 5.44. The van der Waals surface area contributed by atoms with Gasteiger partial charge in [0.2, 0.25) is 11.8 Å². The third-order valence-electron chi connectivity index (χ3n) is 6.90. The molecular formula is C30H34FN3O3. The Hall–Kier alpha value is -3.74. The number of benzene rings is 3. The maximum atomic E-state index is 13.5. The van der Waals surface area contributed by atoms with Gasteiger partial charge >= 0.3 is 0 Å². The van der Waals surface area contributed by atoms with Crippen molar-refractivity contribution in [1.82, 2.24) is 10.2 Å². The molecule has 1 heterocycles. The Balaban J connectivity index is 1.46. The Morgan fingerprint density at radius 1 is 1.00 bits per heavy atom. The van der Waals surface area contributed by atoms with Gasteiger partial charge in [0, 0.05) is 37.0 Å². The fourth-order valence-corrected chi connectivity index (χ4v) is 4.95. The van der Waals surface area contributed by atoms with E-state index in [1.807, 2.05) is 43.3 Å². The number of amides is 3. The van der Waals surface area contributed by atoms with Gasteiger partial charge in [-0.15, -0.1) is 0 Å². The Morgan fingerprint density at radius 3 is 2.43 bits per heavy atom. The van der Waals surface area contributed by atoms with Crippen molar-refractivity contribution in [2.75, 3.05) is 18.0 Å². The van der Waals surface area contributed by atoms with Crippen LogP contribution in [0.3, 0.4) is 0 Å². The molecule has 1 unspecified atom stereocenters. The van der Waals surface area contributed by atoms with Crippen molar-refractivity contribution in [2.24, 2.45) is 0 Å². The van der Waals surface area contributed by atoms with Crippen LogP contribution in [0.25, 0.3) is 10.8 Å². The van der Waals surface area contributed by atoms with Crippen molar-refractivity contribution in [2.45, 2.75) is 58.5 Å². The molecule has 1 aliphatic heterocycles. The molecule has 0 aliphatic carbocycles. The molecule has 0 spiro atoms. The molecule has 3 aromatic carbocycles. The average molecular weight is 504 g/mol. The van der Waals surface area contributed by atoms with Crippen molar-refractivity contribution >= 4 is 34.2 Å². The normalized spacial score (nSPS) is 13.2. The van der Waals surface area contributed by atoms with Crippen LogP contribution in [0, 0.1) is 5.82 Å². The highest BCUT2D eigenvalue weighted by Crippen LogP contribution is 2.37. The fourth-order valence-electron chi connectivity index (χ4n) is 4.95. The minimum atomic E-state index is -0.624. The van der Waals surface area contributed by atoms with Gasteiger partial charge in [0.25, 0.3) is 5.91 Å².